The molecule has 1 heterocycles. The van der Waals surface area contributed by atoms with Crippen molar-refractivity contribution in [3.63, 3.8) is 0 Å². The fraction of sp³-hybridized carbons (Fsp3) is 0.857. The largest absolute Gasteiger partial charge is 0.347 e. The topological polar surface area (TPSA) is 171 Å². The maximum absolute atomic E-state index is 14.4. The molecule has 272 valence electrons. The Hall–Kier alpha value is -2.70. The van der Waals surface area contributed by atoms with Gasteiger partial charge >= 0.3 is 6.03 Å². The van der Waals surface area contributed by atoms with Crippen molar-refractivity contribution in [3.8, 4) is 0 Å². The molecule has 0 aromatic heterocycles. The minimum atomic E-state index is -3.46. The summed E-state index contributed by atoms with van der Waals surface area (Å²) in [7, 11) is -3.46. The number of Topliss-reactive ketones (excluding diaryl/α,β-unsaturated/α-hetero) is 1. The number of piperidine rings is 1. The number of hydrogen-bond donors (Lipinski definition) is 4. The minimum Gasteiger partial charge on any atom is -0.347 e. The number of rotatable bonds is 14. The third-order valence-electron chi connectivity index (χ3n) is 11.1. The molecular weight excluding hydrogens is 634 g/mol. The number of ketones is 1. The van der Waals surface area contributed by atoms with Crippen LogP contribution in [0.5, 0.6) is 0 Å². The lowest BCUT2D eigenvalue weighted by atomic mass is 9.83. The number of likely N-dealkylation sites (tertiary alicyclic amines) is 1. The van der Waals surface area contributed by atoms with E-state index in [0.717, 1.165) is 38.5 Å². The average molecular weight is 694 g/mol. The Kier molecular flexibility index (Phi) is 11.3. The van der Waals surface area contributed by atoms with Gasteiger partial charge in [0.2, 0.25) is 17.6 Å². The van der Waals surface area contributed by atoms with Crippen molar-refractivity contribution in [3.05, 3.63) is 0 Å². The van der Waals surface area contributed by atoms with Crippen molar-refractivity contribution in [2.75, 3.05) is 12.3 Å². The van der Waals surface area contributed by atoms with Gasteiger partial charge in [-0.25, -0.2) is 13.2 Å². The van der Waals surface area contributed by atoms with Gasteiger partial charge in [0.15, 0.2) is 9.84 Å². The van der Waals surface area contributed by atoms with Gasteiger partial charge in [-0.1, -0.05) is 73.6 Å². The summed E-state index contributed by atoms with van der Waals surface area (Å²) in [5, 5.41) is 10.9. The fourth-order valence-corrected chi connectivity index (χ4v) is 9.16. The highest BCUT2D eigenvalue weighted by atomic mass is 32.2. The van der Waals surface area contributed by atoms with E-state index in [-0.39, 0.29) is 29.0 Å². The number of unbranched alkanes of at least 4 members (excludes halogenated alkanes) is 1. The minimum absolute atomic E-state index is 0.00609. The Morgan fingerprint density at radius 3 is 2.12 bits per heavy atom. The van der Waals surface area contributed by atoms with Crippen LogP contribution in [0.3, 0.4) is 0 Å². The zero-order chi connectivity index (χ0) is 35.8. The fourth-order valence-electron chi connectivity index (χ4n) is 7.70. The molecule has 1 aliphatic heterocycles. The molecule has 0 bridgehead atoms. The number of carbonyl (C=O) groups is 5. The highest BCUT2D eigenvalue weighted by molar-refractivity contribution is 7.92. The highest BCUT2D eigenvalue weighted by Crippen LogP contribution is 2.65. The number of fused-ring (bicyclic) bond motifs is 1. The van der Waals surface area contributed by atoms with E-state index in [1.54, 1.807) is 13.8 Å². The van der Waals surface area contributed by atoms with E-state index in [2.05, 4.69) is 35.1 Å². The van der Waals surface area contributed by atoms with Gasteiger partial charge in [-0.3, -0.25) is 19.2 Å². The molecule has 13 heteroatoms. The van der Waals surface area contributed by atoms with Crippen LogP contribution in [0.25, 0.3) is 0 Å². The molecule has 12 nitrogen and oxygen atoms in total. The molecule has 5 atom stereocenters. The van der Waals surface area contributed by atoms with Crippen LogP contribution in [0.2, 0.25) is 0 Å². The Balaban J connectivity index is 1.54. The summed E-state index contributed by atoms with van der Waals surface area (Å²) in [4.78, 5) is 69.5. The molecular formula is C35H59N5O7S. The molecule has 4 aliphatic rings. The Morgan fingerprint density at radius 2 is 1.58 bits per heavy atom. The second-order valence-corrected chi connectivity index (χ2v) is 19.4. The normalized spacial score (nSPS) is 25.8. The molecule has 5 amide bonds. The predicted octanol–water partition coefficient (Wildman–Crippen LogP) is 3.23. The number of carbonyl (C=O) groups excluding carboxylic acids is 5. The van der Waals surface area contributed by atoms with Gasteiger partial charge in [0.25, 0.3) is 5.91 Å². The van der Waals surface area contributed by atoms with Crippen LogP contribution in [0.4, 0.5) is 4.79 Å². The van der Waals surface area contributed by atoms with Crippen LogP contribution in [-0.4, -0.2) is 90.1 Å². The summed E-state index contributed by atoms with van der Waals surface area (Å²) in [5.74, 6) is -2.46. The number of hydrogen-bond acceptors (Lipinski definition) is 7. The van der Waals surface area contributed by atoms with Crippen molar-refractivity contribution >= 4 is 39.4 Å². The zero-order valence-electron chi connectivity index (χ0n) is 30.2. The Bertz CT molecular complexity index is 1360. The summed E-state index contributed by atoms with van der Waals surface area (Å²) in [5.41, 5.74) is -1.87. The van der Waals surface area contributed by atoms with E-state index in [1.807, 2.05) is 27.7 Å². The molecule has 0 aromatic rings. The SMILES string of the molecule is CCCC[C@H](NC(=O)[C@@H]1C2C(CN1C(=O)[C@@H](NC(=O)NC1(CS(=O)(=O)C(C)C)CCCCC1)C(C)(C)C)C2(C)C)C(=O)C(=O)NC1CC1. The zero-order valence-corrected chi connectivity index (χ0v) is 31.1. The molecule has 3 aliphatic carbocycles. The van der Waals surface area contributed by atoms with Gasteiger partial charge in [-0.2, -0.15) is 0 Å². The van der Waals surface area contributed by atoms with Gasteiger partial charge in [-0.15, -0.1) is 0 Å². The maximum atomic E-state index is 14.4. The van der Waals surface area contributed by atoms with E-state index in [0.29, 0.717) is 32.2 Å². The van der Waals surface area contributed by atoms with Crippen molar-refractivity contribution in [2.45, 2.75) is 155 Å². The van der Waals surface area contributed by atoms with Gasteiger partial charge in [0.05, 0.1) is 22.6 Å². The van der Waals surface area contributed by atoms with Gasteiger partial charge < -0.3 is 26.2 Å². The first-order valence-electron chi connectivity index (χ1n) is 18.0. The molecule has 0 spiro atoms. The first-order chi connectivity index (χ1) is 22.2. The monoisotopic (exact) mass is 693 g/mol. The van der Waals surface area contributed by atoms with E-state index in [4.69, 9.17) is 0 Å². The van der Waals surface area contributed by atoms with E-state index in [9.17, 15) is 32.4 Å². The Morgan fingerprint density at radius 1 is 0.958 bits per heavy atom. The summed E-state index contributed by atoms with van der Waals surface area (Å²) in [6.45, 7) is 15.2. The smallest absolute Gasteiger partial charge is 0.315 e. The lowest BCUT2D eigenvalue weighted by Crippen LogP contribution is -2.64. The third kappa shape index (κ3) is 8.53. The maximum Gasteiger partial charge on any atom is 0.315 e. The number of urea groups is 1. The Labute approximate surface area is 287 Å². The molecule has 4 rings (SSSR count). The van der Waals surface area contributed by atoms with Gasteiger partial charge in [0, 0.05) is 12.6 Å². The van der Waals surface area contributed by atoms with E-state index < -0.39 is 73.7 Å². The van der Waals surface area contributed by atoms with Crippen LogP contribution in [0.15, 0.2) is 0 Å². The molecule has 2 unspecified atom stereocenters. The van der Waals surface area contributed by atoms with Crippen LogP contribution in [-0.2, 0) is 29.0 Å². The highest BCUT2D eigenvalue weighted by Gasteiger charge is 2.70. The number of sulfone groups is 1. The first kappa shape index (κ1) is 38.1. The van der Waals surface area contributed by atoms with Crippen LogP contribution >= 0.6 is 0 Å². The average Bonchev–Trinajstić information content (AvgIpc) is 3.84. The summed E-state index contributed by atoms with van der Waals surface area (Å²) >= 11 is 0. The van der Waals surface area contributed by atoms with Crippen molar-refractivity contribution in [1.82, 2.24) is 26.2 Å². The molecule has 3 saturated carbocycles. The number of amides is 5. The van der Waals surface area contributed by atoms with Crippen molar-refractivity contribution < 1.29 is 32.4 Å². The molecule has 4 N–H and O–H groups in total. The second kappa shape index (κ2) is 14.3. The predicted molar refractivity (Wildman–Crippen MR) is 184 cm³/mol. The molecule has 4 fully saturated rings. The number of nitrogens with one attached hydrogen (secondary N) is 4. The third-order valence-corrected chi connectivity index (χ3v) is 13.5. The lowest BCUT2D eigenvalue weighted by molar-refractivity contribution is -0.145. The summed E-state index contributed by atoms with van der Waals surface area (Å²) in [6, 6.07) is -3.48. The first-order valence-corrected chi connectivity index (χ1v) is 19.7. The van der Waals surface area contributed by atoms with Gasteiger partial charge in [0.1, 0.15) is 12.1 Å². The molecule has 48 heavy (non-hydrogen) atoms. The van der Waals surface area contributed by atoms with Crippen LogP contribution in [0.1, 0.15) is 120 Å². The lowest BCUT2D eigenvalue weighted by Gasteiger charge is -2.41. The van der Waals surface area contributed by atoms with Gasteiger partial charge in [-0.05, 0) is 68.6 Å². The standard InChI is InChI=1S/C35H59N5O7S/c1-9-10-14-24(27(41)30(43)36-22-15-16-22)37-29(42)26-25-23(34(25,7)8)19-40(26)31(44)28(33(4,5)6)38-32(45)39-35(17-12-11-13-18-35)20-48(46,47)21(2)3/h21-26,28H,9-20H2,1-8H3,(H,36,43)(H,37,42)(H2,38,39,45)/t23?,24-,25?,26-,28+/m0/s1. The second-order valence-electron chi connectivity index (χ2n) is 16.8. The summed E-state index contributed by atoms with van der Waals surface area (Å²) < 4.78 is 26.0. The number of nitrogens with zero attached hydrogens (tertiary/aromatic N) is 1. The van der Waals surface area contributed by atoms with E-state index in [1.165, 1.54) is 4.90 Å². The summed E-state index contributed by atoms with van der Waals surface area (Å²) in [6.07, 6.45) is 7.02. The van der Waals surface area contributed by atoms with Crippen LogP contribution < -0.4 is 21.3 Å². The molecule has 1 saturated heterocycles. The quantitative estimate of drug-likeness (QED) is 0.202. The van der Waals surface area contributed by atoms with E-state index >= 15 is 0 Å². The van der Waals surface area contributed by atoms with Crippen molar-refractivity contribution in [2.24, 2.45) is 22.7 Å². The molecule has 0 radical (unpaired) electrons. The van der Waals surface area contributed by atoms with Crippen LogP contribution in [0, 0.1) is 22.7 Å². The van der Waals surface area contributed by atoms with Crippen molar-refractivity contribution in [1.29, 1.82) is 0 Å². The molecule has 0 aromatic carbocycles.